The summed E-state index contributed by atoms with van der Waals surface area (Å²) in [6.07, 6.45) is -0.265. The van der Waals surface area contributed by atoms with E-state index in [0.717, 1.165) is 5.75 Å². The molecule has 2 unspecified atom stereocenters. The van der Waals surface area contributed by atoms with E-state index in [4.69, 9.17) is 35.4 Å². The van der Waals surface area contributed by atoms with E-state index in [1.807, 2.05) is 27.7 Å². The van der Waals surface area contributed by atoms with Crippen molar-refractivity contribution in [3.63, 3.8) is 0 Å². The molecule has 8 heteroatoms. The van der Waals surface area contributed by atoms with Crippen molar-refractivity contribution in [2.45, 2.75) is 47.0 Å². The molecule has 0 aliphatic carbocycles. The maximum atomic E-state index is 8.73. The third kappa shape index (κ3) is 12.0. The third-order valence-electron chi connectivity index (χ3n) is 3.08. The molecule has 1 aliphatic rings. The van der Waals surface area contributed by atoms with Crippen LogP contribution in [0.25, 0.3) is 0 Å². The summed E-state index contributed by atoms with van der Waals surface area (Å²) in [5.41, 5.74) is 0. The van der Waals surface area contributed by atoms with E-state index in [1.54, 1.807) is 55.5 Å². The minimum atomic E-state index is -0.204. The molecule has 1 fully saturated rings. The highest BCUT2D eigenvalue weighted by molar-refractivity contribution is 6.00. The molecule has 0 amide bonds. The quantitative estimate of drug-likeness (QED) is 0.563. The molecule has 1 aliphatic heterocycles. The lowest BCUT2D eigenvalue weighted by molar-refractivity contribution is 0.129. The van der Waals surface area contributed by atoms with Crippen molar-refractivity contribution in [1.82, 2.24) is 0 Å². The average molecular weight is 400 g/mol. The molecule has 2 atom stereocenters. The summed E-state index contributed by atoms with van der Waals surface area (Å²) in [6.45, 7) is 10.5. The van der Waals surface area contributed by atoms with Crippen molar-refractivity contribution in [3.8, 4) is 23.0 Å². The van der Waals surface area contributed by atoms with E-state index < -0.39 is 0 Å². The Labute approximate surface area is 177 Å². The highest BCUT2D eigenvalue weighted by Gasteiger charge is 2.24. The zero-order valence-electron chi connectivity index (χ0n) is 17.8. The van der Waals surface area contributed by atoms with Gasteiger partial charge in [0.2, 0.25) is 6.29 Å². The Hall–Kier alpha value is -2.31. The molecular formula is C21H30B2O6. The normalized spacial score (nSPS) is 14.2. The molecule has 29 heavy (non-hydrogen) atoms. The monoisotopic (exact) mass is 400 g/mol. The van der Waals surface area contributed by atoms with Gasteiger partial charge in [-0.15, -0.1) is 0 Å². The molecule has 0 bridgehead atoms. The predicted octanol–water partition coefficient (Wildman–Crippen LogP) is 3.84. The van der Waals surface area contributed by atoms with Crippen LogP contribution in [0.1, 0.15) is 34.6 Å². The summed E-state index contributed by atoms with van der Waals surface area (Å²) in [7, 11) is 9.89. The fourth-order valence-electron chi connectivity index (χ4n) is 1.72. The molecule has 2 aromatic carbocycles. The van der Waals surface area contributed by atoms with Gasteiger partial charge in [-0.2, -0.15) is 0 Å². The van der Waals surface area contributed by atoms with Crippen LogP contribution in [-0.2, 0) is 4.74 Å². The summed E-state index contributed by atoms with van der Waals surface area (Å²) < 4.78 is 24.5. The van der Waals surface area contributed by atoms with Gasteiger partial charge < -0.3 is 28.6 Å². The average Bonchev–Trinajstić information content (AvgIpc) is 3.62. The first-order valence-corrected chi connectivity index (χ1v) is 9.64. The smallest absolute Gasteiger partial charge is 0.374 e. The second-order valence-corrected chi connectivity index (χ2v) is 5.17. The van der Waals surface area contributed by atoms with Gasteiger partial charge in [0.1, 0.15) is 24.2 Å². The summed E-state index contributed by atoms with van der Waals surface area (Å²) in [5, 5.41) is 8.73. The summed E-state index contributed by atoms with van der Waals surface area (Å²) in [6, 6.07) is 13.9. The van der Waals surface area contributed by atoms with E-state index in [9.17, 15) is 0 Å². The van der Waals surface area contributed by atoms with Gasteiger partial charge in [-0.05, 0) is 55.5 Å². The van der Waals surface area contributed by atoms with Gasteiger partial charge in [0.05, 0.1) is 18.1 Å². The van der Waals surface area contributed by atoms with Crippen LogP contribution in [0.2, 0.25) is 0 Å². The van der Waals surface area contributed by atoms with E-state index in [1.165, 1.54) is 0 Å². The van der Waals surface area contributed by atoms with Gasteiger partial charge in [0.15, 0.2) is 0 Å². The second-order valence-electron chi connectivity index (χ2n) is 5.17. The Kier molecular flexibility index (Phi) is 15.3. The maximum absolute atomic E-state index is 8.73. The molecule has 6 nitrogen and oxygen atoms in total. The standard InChI is InChI=1S/C9H11BO3.C8H7BO3.2C2H6/c1-7(6-11)12-8-2-4-9(13-10)5-3-8;9-12-7-3-1-6(2-4-7)11-8-5-10-8;2*1-2/h2-5,7,11H,6H2,1H3;1-4,8H,5H2;2*1-2H3. The van der Waals surface area contributed by atoms with E-state index >= 15 is 0 Å². The van der Waals surface area contributed by atoms with Crippen LogP contribution in [0, 0.1) is 0 Å². The molecule has 1 heterocycles. The van der Waals surface area contributed by atoms with Gasteiger partial charge in [-0.3, -0.25) is 0 Å². The van der Waals surface area contributed by atoms with Crippen LogP contribution in [0.15, 0.2) is 48.5 Å². The molecule has 1 saturated heterocycles. The zero-order valence-corrected chi connectivity index (χ0v) is 17.8. The van der Waals surface area contributed by atoms with Crippen molar-refractivity contribution >= 4 is 16.1 Å². The fraction of sp³-hybridized carbons (Fsp3) is 0.429. The van der Waals surface area contributed by atoms with Crippen molar-refractivity contribution in [2.24, 2.45) is 0 Å². The molecule has 1 N–H and O–H groups in total. The predicted molar refractivity (Wildman–Crippen MR) is 116 cm³/mol. The number of hydrogen-bond donors (Lipinski definition) is 1. The molecule has 2 aromatic rings. The van der Waals surface area contributed by atoms with Crippen LogP contribution in [0.5, 0.6) is 23.0 Å². The third-order valence-corrected chi connectivity index (χ3v) is 3.08. The lowest BCUT2D eigenvalue weighted by atomic mass is 10.3. The lowest BCUT2D eigenvalue weighted by Crippen LogP contribution is -2.15. The Bertz CT molecular complexity index is 618. The molecule has 0 saturated carbocycles. The summed E-state index contributed by atoms with van der Waals surface area (Å²) in [5.74, 6) is 2.63. The lowest BCUT2D eigenvalue weighted by Gasteiger charge is -2.11. The topological polar surface area (TPSA) is 69.7 Å². The first-order valence-electron chi connectivity index (χ1n) is 9.64. The van der Waals surface area contributed by atoms with Crippen LogP contribution in [0.4, 0.5) is 0 Å². The molecular weight excluding hydrogens is 370 g/mol. The number of aliphatic hydroxyl groups is 1. The summed E-state index contributed by atoms with van der Waals surface area (Å²) >= 11 is 0. The van der Waals surface area contributed by atoms with E-state index in [-0.39, 0.29) is 19.0 Å². The first-order chi connectivity index (χ1) is 14.1. The molecule has 156 valence electrons. The number of benzene rings is 2. The number of rotatable bonds is 7. The van der Waals surface area contributed by atoms with Gasteiger partial charge in [0, 0.05) is 0 Å². The SMILES string of the molecule is CC.CC.[B]Oc1ccc(OC(C)CO)cc1.[B]Oc1ccc(OC2CO2)cc1. The number of ether oxygens (including phenoxy) is 3. The van der Waals surface area contributed by atoms with Crippen LogP contribution in [0.3, 0.4) is 0 Å². The second kappa shape index (κ2) is 16.6. The number of hydrogen-bond acceptors (Lipinski definition) is 6. The van der Waals surface area contributed by atoms with Crippen LogP contribution < -0.4 is 18.8 Å². The Balaban J connectivity index is 0.000000462. The Morgan fingerprint density at radius 3 is 1.59 bits per heavy atom. The van der Waals surface area contributed by atoms with Crippen LogP contribution in [-0.4, -0.2) is 46.8 Å². The first kappa shape index (κ1) is 26.7. The molecule has 0 spiro atoms. The molecule has 4 radical (unpaired) electrons. The fourth-order valence-corrected chi connectivity index (χ4v) is 1.72. The van der Waals surface area contributed by atoms with Gasteiger partial charge in [-0.25, -0.2) is 0 Å². The van der Waals surface area contributed by atoms with Gasteiger partial charge in [-0.1, -0.05) is 27.7 Å². The van der Waals surface area contributed by atoms with Crippen molar-refractivity contribution in [2.75, 3.05) is 13.2 Å². The van der Waals surface area contributed by atoms with Crippen molar-refractivity contribution < 1.29 is 28.6 Å². The summed E-state index contributed by atoms with van der Waals surface area (Å²) in [4.78, 5) is 0. The van der Waals surface area contributed by atoms with E-state index in [0.29, 0.717) is 23.9 Å². The highest BCUT2D eigenvalue weighted by Crippen LogP contribution is 2.21. The highest BCUT2D eigenvalue weighted by atomic mass is 16.8. The Morgan fingerprint density at radius 2 is 1.24 bits per heavy atom. The number of epoxide rings is 1. The minimum absolute atomic E-state index is 0.00482. The number of aliphatic hydroxyl groups excluding tert-OH is 1. The maximum Gasteiger partial charge on any atom is 0.374 e. The largest absolute Gasteiger partial charge is 0.568 e. The van der Waals surface area contributed by atoms with Crippen molar-refractivity contribution in [1.29, 1.82) is 0 Å². The van der Waals surface area contributed by atoms with Crippen LogP contribution >= 0.6 is 0 Å². The molecule has 3 rings (SSSR count). The minimum Gasteiger partial charge on any atom is -0.568 e. The Morgan fingerprint density at radius 1 is 0.862 bits per heavy atom. The van der Waals surface area contributed by atoms with E-state index in [2.05, 4.69) is 9.31 Å². The van der Waals surface area contributed by atoms with Gasteiger partial charge in [0.25, 0.3) is 0 Å². The van der Waals surface area contributed by atoms with Gasteiger partial charge >= 0.3 is 16.1 Å². The van der Waals surface area contributed by atoms with Crippen molar-refractivity contribution in [3.05, 3.63) is 48.5 Å². The molecule has 0 aromatic heterocycles. The zero-order chi connectivity index (χ0) is 22.1.